The second-order valence-electron chi connectivity index (χ2n) is 2.40. The Labute approximate surface area is 68.6 Å². The Morgan fingerprint density at radius 2 is 2.50 bits per heavy atom. The summed E-state index contributed by atoms with van der Waals surface area (Å²) in [5.41, 5.74) is 3.65. The second-order valence-corrected chi connectivity index (χ2v) is 2.40. The molecule has 2 rings (SSSR count). The van der Waals surface area contributed by atoms with E-state index < -0.39 is 0 Å². The number of aromatic nitrogens is 1. The third-order valence-electron chi connectivity index (χ3n) is 1.72. The van der Waals surface area contributed by atoms with E-state index in [-0.39, 0.29) is 5.91 Å². The Morgan fingerprint density at radius 3 is 3.25 bits per heavy atom. The second kappa shape index (κ2) is 2.27. The fourth-order valence-electron chi connectivity index (χ4n) is 1.17. The molecule has 0 aromatic carbocycles. The van der Waals surface area contributed by atoms with E-state index in [0.29, 0.717) is 17.9 Å². The van der Waals surface area contributed by atoms with Crippen molar-refractivity contribution >= 4 is 5.91 Å². The van der Waals surface area contributed by atoms with E-state index in [1.807, 2.05) is 6.07 Å². The SMILES string of the molecule is N#Cc1ccn2c1C(=O)NCN2. The number of hydrogen-bond acceptors (Lipinski definition) is 3. The van der Waals surface area contributed by atoms with Gasteiger partial charge in [0, 0.05) is 6.20 Å². The van der Waals surface area contributed by atoms with E-state index in [0.717, 1.165) is 0 Å². The number of nitriles is 1. The van der Waals surface area contributed by atoms with E-state index in [1.54, 1.807) is 16.9 Å². The number of carbonyl (C=O) groups is 1. The lowest BCUT2D eigenvalue weighted by Gasteiger charge is -2.17. The van der Waals surface area contributed by atoms with Gasteiger partial charge in [-0.15, -0.1) is 0 Å². The Kier molecular flexibility index (Phi) is 1.27. The number of hydrogen-bond donors (Lipinski definition) is 2. The summed E-state index contributed by atoms with van der Waals surface area (Å²) in [4.78, 5) is 11.2. The van der Waals surface area contributed by atoms with Gasteiger partial charge in [-0.25, -0.2) is 0 Å². The first-order valence-corrected chi connectivity index (χ1v) is 3.46. The van der Waals surface area contributed by atoms with Crippen molar-refractivity contribution in [1.29, 1.82) is 5.26 Å². The van der Waals surface area contributed by atoms with Crippen molar-refractivity contribution in [1.82, 2.24) is 9.99 Å². The largest absolute Gasteiger partial charge is 0.332 e. The maximum Gasteiger partial charge on any atom is 0.272 e. The number of carbonyl (C=O) groups excluding carboxylic acids is 1. The third-order valence-corrected chi connectivity index (χ3v) is 1.72. The summed E-state index contributed by atoms with van der Waals surface area (Å²) in [6, 6.07) is 3.55. The van der Waals surface area contributed by atoms with Crippen LogP contribution in [0.15, 0.2) is 12.3 Å². The molecule has 1 aromatic heterocycles. The molecule has 0 atom stereocenters. The zero-order valence-corrected chi connectivity index (χ0v) is 6.16. The van der Waals surface area contributed by atoms with Crippen LogP contribution < -0.4 is 10.7 Å². The van der Waals surface area contributed by atoms with Crippen LogP contribution in [0.5, 0.6) is 0 Å². The number of nitrogens with zero attached hydrogens (tertiary/aromatic N) is 2. The average molecular weight is 162 g/mol. The van der Waals surface area contributed by atoms with Gasteiger partial charge in [-0.2, -0.15) is 5.26 Å². The first kappa shape index (κ1) is 6.73. The molecule has 5 nitrogen and oxygen atoms in total. The zero-order chi connectivity index (χ0) is 8.55. The molecule has 0 bridgehead atoms. The number of nitrogens with one attached hydrogen (secondary N) is 2. The minimum absolute atomic E-state index is 0.213. The number of amides is 1. The van der Waals surface area contributed by atoms with Gasteiger partial charge in [0.15, 0.2) is 0 Å². The molecule has 2 N–H and O–H groups in total. The summed E-state index contributed by atoms with van der Waals surface area (Å²) in [5.74, 6) is -0.213. The van der Waals surface area contributed by atoms with Crippen molar-refractivity contribution in [3.8, 4) is 6.07 Å². The summed E-state index contributed by atoms with van der Waals surface area (Å²) < 4.78 is 1.55. The lowest BCUT2D eigenvalue weighted by Crippen LogP contribution is -2.41. The molecule has 60 valence electrons. The molecule has 1 aliphatic rings. The maximum atomic E-state index is 11.2. The number of fused-ring (bicyclic) bond motifs is 1. The van der Waals surface area contributed by atoms with Gasteiger partial charge >= 0.3 is 0 Å². The molecule has 1 amide bonds. The summed E-state index contributed by atoms with van der Waals surface area (Å²) in [7, 11) is 0. The van der Waals surface area contributed by atoms with Crippen molar-refractivity contribution in [2.75, 3.05) is 12.1 Å². The molecular weight excluding hydrogens is 156 g/mol. The predicted molar refractivity (Wildman–Crippen MR) is 40.8 cm³/mol. The van der Waals surface area contributed by atoms with Crippen LogP contribution in [-0.4, -0.2) is 17.3 Å². The van der Waals surface area contributed by atoms with E-state index in [2.05, 4.69) is 10.7 Å². The fraction of sp³-hybridized carbons (Fsp3) is 0.143. The zero-order valence-electron chi connectivity index (χ0n) is 6.16. The Hall–Kier alpha value is -1.96. The highest BCUT2D eigenvalue weighted by Crippen LogP contribution is 2.09. The lowest BCUT2D eigenvalue weighted by molar-refractivity contribution is 0.0936. The van der Waals surface area contributed by atoms with E-state index in [1.165, 1.54) is 0 Å². The smallest absolute Gasteiger partial charge is 0.272 e. The van der Waals surface area contributed by atoms with Crippen LogP contribution in [0.4, 0.5) is 0 Å². The summed E-state index contributed by atoms with van der Waals surface area (Å²) in [6.07, 6.45) is 1.66. The van der Waals surface area contributed by atoms with Crippen molar-refractivity contribution in [2.24, 2.45) is 0 Å². The molecule has 0 unspecified atom stereocenters. The molecule has 0 radical (unpaired) electrons. The van der Waals surface area contributed by atoms with E-state index in [9.17, 15) is 4.79 Å². The van der Waals surface area contributed by atoms with Crippen LogP contribution in [0.1, 0.15) is 16.1 Å². The molecule has 1 aliphatic heterocycles. The molecule has 0 fully saturated rings. The molecule has 0 spiro atoms. The Morgan fingerprint density at radius 1 is 1.67 bits per heavy atom. The Bertz CT molecular complexity index is 373. The van der Waals surface area contributed by atoms with Gasteiger partial charge in [-0.05, 0) is 6.07 Å². The monoisotopic (exact) mass is 162 g/mol. The molecule has 0 aliphatic carbocycles. The summed E-state index contributed by atoms with van der Waals surface area (Å²) >= 11 is 0. The molecule has 0 saturated carbocycles. The van der Waals surface area contributed by atoms with Crippen LogP contribution in [0.25, 0.3) is 0 Å². The van der Waals surface area contributed by atoms with E-state index >= 15 is 0 Å². The molecule has 12 heavy (non-hydrogen) atoms. The Balaban J connectivity index is 2.59. The van der Waals surface area contributed by atoms with Crippen molar-refractivity contribution in [2.45, 2.75) is 0 Å². The molecule has 0 saturated heterocycles. The maximum absolute atomic E-state index is 11.2. The minimum atomic E-state index is -0.213. The van der Waals surface area contributed by atoms with Gasteiger partial charge in [0.1, 0.15) is 18.4 Å². The van der Waals surface area contributed by atoms with Gasteiger partial charge in [-0.1, -0.05) is 0 Å². The first-order valence-electron chi connectivity index (χ1n) is 3.46. The predicted octanol–water partition coefficient (Wildman–Crippen LogP) is -0.396. The highest BCUT2D eigenvalue weighted by atomic mass is 16.2. The average Bonchev–Trinajstić information content (AvgIpc) is 2.49. The molecular formula is C7H6N4O. The van der Waals surface area contributed by atoms with Crippen LogP contribution in [0.2, 0.25) is 0 Å². The van der Waals surface area contributed by atoms with Crippen LogP contribution >= 0.6 is 0 Å². The van der Waals surface area contributed by atoms with Crippen LogP contribution in [0, 0.1) is 11.3 Å². The highest BCUT2D eigenvalue weighted by Gasteiger charge is 2.19. The summed E-state index contributed by atoms with van der Waals surface area (Å²) in [6.45, 7) is 0.394. The van der Waals surface area contributed by atoms with Gasteiger partial charge in [-0.3, -0.25) is 9.47 Å². The topological polar surface area (TPSA) is 69.8 Å². The minimum Gasteiger partial charge on any atom is -0.332 e. The van der Waals surface area contributed by atoms with E-state index in [4.69, 9.17) is 5.26 Å². The summed E-state index contributed by atoms with van der Waals surface area (Å²) in [5, 5.41) is 11.2. The van der Waals surface area contributed by atoms with Gasteiger partial charge in [0.05, 0.1) is 5.56 Å². The normalized spacial score (nSPS) is 14.1. The van der Waals surface area contributed by atoms with Gasteiger partial charge in [0.2, 0.25) is 0 Å². The third kappa shape index (κ3) is 0.751. The van der Waals surface area contributed by atoms with Gasteiger partial charge in [0.25, 0.3) is 5.91 Å². The van der Waals surface area contributed by atoms with Crippen LogP contribution in [0.3, 0.4) is 0 Å². The molecule has 5 heteroatoms. The standard InChI is InChI=1S/C7H6N4O/c8-3-5-1-2-11-6(5)7(12)9-4-10-11/h1-2,10H,4H2,(H,9,12). The lowest BCUT2D eigenvalue weighted by atomic mass is 10.2. The quantitative estimate of drug-likeness (QED) is 0.545. The first-order chi connectivity index (χ1) is 5.83. The highest BCUT2D eigenvalue weighted by molar-refractivity contribution is 5.96. The molecule has 1 aromatic rings. The van der Waals surface area contributed by atoms with Crippen molar-refractivity contribution in [3.63, 3.8) is 0 Å². The van der Waals surface area contributed by atoms with Gasteiger partial charge < -0.3 is 10.7 Å². The molecule has 2 heterocycles. The number of rotatable bonds is 0. The van der Waals surface area contributed by atoms with Crippen molar-refractivity contribution in [3.05, 3.63) is 23.5 Å². The van der Waals surface area contributed by atoms with Crippen LogP contribution in [-0.2, 0) is 0 Å². The fourth-order valence-corrected chi connectivity index (χ4v) is 1.17. The van der Waals surface area contributed by atoms with Crippen molar-refractivity contribution < 1.29 is 4.79 Å².